The molecule has 1 atom stereocenters. The molecule has 27 heavy (non-hydrogen) atoms. The van der Waals surface area contributed by atoms with Crippen molar-refractivity contribution in [3.8, 4) is 0 Å². The fourth-order valence-corrected chi connectivity index (χ4v) is 3.03. The van der Waals surface area contributed by atoms with Gasteiger partial charge in [-0.05, 0) is 36.8 Å². The van der Waals surface area contributed by atoms with Crippen molar-refractivity contribution in [2.45, 2.75) is 13.3 Å². The van der Waals surface area contributed by atoms with Crippen LogP contribution in [0.1, 0.15) is 12.0 Å². The highest BCUT2D eigenvalue weighted by molar-refractivity contribution is 6.31. The number of halogens is 1. The van der Waals surface area contributed by atoms with Crippen molar-refractivity contribution in [3.63, 3.8) is 0 Å². The summed E-state index contributed by atoms with van der Waals surface area (Å²) in [6.45, 7) is 1.69. The number of nitrogens with one attached hydrogen (secondary N) is 1. The molecule has 7 heteroatoms. The Morgan fingerprint density at radius 2 is 1.96 bits per heavy atom. The molecular weight excluding hydrogens is 368 g/mol. The Kier molecular flexibility index (Phi) is 5.76. The van der Waals surface area contributed by atoms with E-state index in [9.17, 15) is 14.4 Å². The normalized spacial score (nSPS) is 16.3. The van der Waals surface area contributed by atoms with E-state index < -0.39 is 24.4 Å². The number of ether oxygens (including phenoxy) is 1. The third kappa shape index (κ3) is 4.65. The van der Waals surface area contributed by atoms with E-state index in [1.165, 1.54) is 0 Å². The summed E-state index contributed by atoms with van der Waals surface area (Å²) in [5.74, 6) is -1.74. The van der Waals surface area contributed by atoms with Crippen LogP contribution in [0.2, 0.25) is 5.02 Å². The highest BCUT2D eigenvalue weighted by atomic mass is 35.5. The minimum absolute atomic E-state index is 0.0723. The van der Waals surface area contributed by atoms with Crippen molar-refractivity contribution < 1.29 is 19.1 Å². The lowest BCUT2D eigenvalue weighted by Gasteiger charge is -2.16. The van der Waals surface area contributed by atoms with E-state index in [0.29, 0.717) is 10.7 Å². The number of anilines is 2. The van der Waals surface area contributed by atoms with Crippen LogP contribution < -0.4 is 10.2 Å². The molecule has 2 aromatic rings. The molecule has 2 amide bonds. The molecule has 0 unspecified atom stereocenters. The Labute approximate surface area is 162 Å². The predicted molar refractivity (Wildman–Crippen MR) is 103 cm³/mol. The summed E-state index contributed by atoms with van der Waals surface area (Å²) in [6, 6.07) is 14.3. The molecule has 1 N–H and O–H groups in total. The van der Waals surface area contributed by atoms with Gasteiger partial charge in [0.25, 0.3) is 5.91 Å². The van der Waals surface area contributed by atoms with Crippen LogP contribution in [0.25, 0.3) is 0 Å². The maximum Gasteiger partial charge on any atom is 0.311 e. The number of esters is 1. The molecule has 0 saturated carbocycles. The van der Waals surface area contributed by atoms with Gasteiger partial charge in [0.1, 0.15) is 0 Å². The van der Waals surface area contributed by atoms with Gasteiger partial charge >= 0.3 is 5.97 Å². The predicted octanol–water partition coefficient (Wildman–Crippen LogP) is 3.18. The third-order valence-electron chi connectivity index (χ3n) is 4.33. The molecule has 0 aliphatic carbocycles. The molecule has 0 aromatic heterocycles. The number of hydrogen-bond acceptors (Lipinski definition) is 4. The van der Waals surface area contributed by atoms with Crippen molar-refractivity contribution in [1.29, 1.82) is 0 Å². The van der Waals surface area contributed by atoms with Crippen LogP contribution in [0.5, 0.6) is 0 Å². The molecule has 1 saturated heterocycles. The summed E-state index contributed by atoms with van der Waals surface area (Å²) in [5.41, 5.74) is 2.17. The summed E-state index contributed by atoms with van der Waals surface area (Å²) in [6.07, 6.45) is 0.0723. The molecule has 0 bridgehead atoms. The van der Waals surface area contributed by atoms with Gasteiger partial charge in [0.15, 0.2) is 6.61 Å². The zero-order valence-electron chi connectivity index (χ0n) is 14.8. The van der Waals surface area contributed by atoms with Crippen LogP contribution in [0, 0.1) is 12.8 Å². The number of nitrogens with zero attached hydrogens (tertiary/aromatic N) is 1. The van der Waals surface area contributed by atoms with E-state index in [0.717, 1.165) is 11.3 Å². The number of carbonyl (C=O) groups excluding carboxylic acids is 3. The second-order valence-corrected chi connectivity index (χ2v) is 6.77. The first kappa shape index (κ1) is 18.9. The number of benzene rings is 2. The topological polar surface area (TPSA) is 75.7 Å². The van der Waals surface area contributed by atoms with Crippen LogP contribution in [0.3, 0.4) is 0 Å². The lowest BCUT2D eigenvalue weighted by molar-refractivity contribution is -0.151. The average molecular weight is 387 g/mol. The molecule has 2 aromatic carbocycles. The maximum absolute atomic E-state index is 12.2. The summed E-state index contributed by atoms with van der Waals surface area (Å²) in [7, 11) is 0. The first-order valence-corrected chi connectivity index (χ1v) is 8.90. The Balaban J connectivity index is 1.51. The number of para-hydroxylation sites is 1. The van der Waals surface area contributed by atoms with E-state index in [1.807, 2.05) is 37.3 Å². The zero-order valence-corrected chi connectivity index (χ0v) is 15.5. The van der Waals surface area contributed by atoms with Gasteiger partial charge in [-0.25, -0.2) is 0 Å². The molecule has 0 radical (unpaired) electrons. The lowest BCUT2D eigenvalue weighted by atomic mass is 10.1. The number of carbonyl (C=O) groups is 3. The molecule has 6 nitrogen and oxygen atoms in total. The van der Waals surface area contributed by atoms with Gasteiger partial charge in [-0.1, -0.05) is 35.9 Å². The van der Waals surface area contributed by atoms with E-state index in [4.69, 9.17) is 16.3 Å². The SMILES string of the molecule is Cc1ccc(NC(=O)COC(=O)[C@H]2CC(=O)N(c3ccccc3)C2)cc1Cl. The quantitative estimate of drug-likeness (QED) is 0.801. The van der Waals surface area contributed by atoms with Crippen LogP contribution in [-0.2, 0) is 19.1 Å². The van der Waals surface area contributed by atoms with Crippen LogP contribution in [0.4, 0.5) is 11.4 Å². The summed E-state index contributed by atoms with van der Waals surface area (Å²) in [4.78, 5) is 37.9. The van der Waals surface area contributed by atoms with E-state index >= 15 is 0 Å². The first-order valence-electron chi connectivity index (χ1n) is 8.52. The van der Waals surface area contributed by atoms with Gasteiger partial charge in [-0.15, -0.1) is 0 Å². The van der Waals surface area contributed by atoms with Crippen LogP contribution in [0.15, 0.2) is 48.5 Å². The molecule has 140 valence electrons. The van der Waals surface area contributed by atoms with Crippen molar-refractivity contribution >= 4 is 40.8 Å². The molecular formula is C20H19ClN2O4. The van der Waals surface area contributed by atoms with Crippen LogP contribution in [-0.4, -0.2) is 30.9 Å². The number of aryl methyl sites for hydroxylation is 1. The van der Waals surface area contributed by atoms with Crippen molar-refractivity contribution in [3.05, 3.63) is 59.1 Å². The van der Waals surface area contributed by atoms with E-state index in [1.54, 1.807) is 23.1 Å². The standard InChI is InChI=1S/C20H19ClN2O4/c1-13-7-8-15(10-17(13)21)22-18(24)12-27-20(26)14-9-19(25)23(11-14)16-5-3-2-4-6-16/h2-8,10,14H,9,11-12H2,1H3,(H,22,24)/t14-/m0/s1. The van der Waals surface area contributed by atoms with Gasteiger partial charge in [-0.3, -0.25) is 14.4 Å². The van der Waals surface area contributed by atoms with Crippen molar-refractivity contribution in [1.82, 2.24) is 0 Å². The van der Waals surface area contributed by atoms with E-state index in [-0.39, 0.29) is 18.9 Å². The highest BCUT2D eigenvalue weighted by Crippen LogP contribution is 2.25. The number of rotatable bonds is 5. The molecule has 1 heterocycles. The smallest absolute Gasteiger partial charge is 0.311 e. The Morgan fingerprint density at radius 3 is 2.67 bits per heavy atom. The van der Waals surface area contributed by atoms with Crippen LogP contribution >= 0.6 is 11.6 Å². The Bertz CT molecular complexity index is 870. The molecule has 1 aliphatic heterocycles. The number of hydrogen-bond donors (Lipinski definition) is 1. The number of amides is 2. The zero-order chi connectivity index (χ0) is 19.4. The van der Waals surface area contributed by atoms with Gasteiger partial charge in [0.2, 0.25) is 5.91 Å². The summed E-state index contributed by atoms with van der Waals surface area (Å²) < 4.78 is 5.08. The van der Waals surface area contributed by atoms with Gasteiger partial charge in [0.05, 0.1) is 5.92 Å². The lowest BCUT2D eigenvalue weighted by Crippen LogP contribution is -2.28. The summed E-state index contributed by atoms with van der Waals surface area (Å²) in [5, 5.41) is 3.16. The maximum atomic E-state index is 12.2. The monoisotopic (exact) mass is 386 g/mol. The molecule has 1 fully saturated rings. The Hall–Kier alpha value is -2.86. The van der Waals surface area contributed by atoms with Gasteiger partial charge in [0, 0.05) is 29.4 Å². The molecule has 1 aliphatic rings. The van der Waals surface area contributed by atoms with E-state index in [2.05, 4.69) is 5.32 Å². The first-order chi connectivity index (χ1) is 12.9. The molecule has 3 rings (SSSR count). The van der Waals surface area contributed by atoms with Gasteiger partial charge in [-0.2, -0.15) is 0 Å². The van der Waals surface area contributed by atoms with Gasteiger partial charge < -0.3 is 15.0 Å². The third-order valence-corrected chi connectivity index (χ3v) is 4.73. The minimum atomic E-state index is -0.584. The largest absolute Gasteiger partial charge is 0.455 e. The Morgan fingerprint density at radius 1 is 1.22 bits per heavy atom. The average Bonchev–Trinajstić information content (AvgIpc) is 3.05. The van der Waals surface area contributed by atoms with Crippen molar-refractivity contribution in [2.75, 3.05) is 23.4 Å². The fourth-order valence-electron chi connectivity index (χ4n) is 2.85. The second kappa shape index (κ2) is 8.22. The second-order valence-electron chi connectivity index (χ2n) is 6.36. The molecule has 0 spiro atoms. The fraction of sp³-hybridized carbons (Fsp3) is 0.250. The minimum Gasteiger partial charge on any atom is -0.455 e. The van der Waals surface area contributed by atoms with Crippen molar-refractivity contribution in [2.24, 2.45) is 5.92 Å². The summed E-state index contributed by atoms with van der Waals surface area (Å²) >= 11 is 6.02. The highest BCUT2D eigenvalue weighted by Gasteiger charge is 2.36.